The lowest BCUT2D eigenvalue weighted by atomic mass is 10.3. The summed E-state index contributed by atoms with van der Waals surface area (Å²) >= 11 is 0. The van der Waals surface area contributed by atoms with Crippen molar-refractivity contribution in [1.82, 2.24) is 19.8 Å². The Hall–Kier alpha value is -0.920. The van der Waals surface area contributed by atoms with E-state index in [1.165, 1.54) is 12.8 Å². The van der Waals surface area contributed by atoms with Crippen molar-refractivity contribution in [2.45, 2.75) is 38.8 Å². The fraction of sp³-hybridized carbons (Fsp3) is 0.750. The Morgan fingerprint density at radius 1 is 1.47 bits per heavy atom. The molecule has 108 valence electrons. The number of hydrogen-bond donors (Lipinski definition) is 2. The third kappa shape index (κ3) is 4.59. The molecule has 1 aliphatic rings. The van der Waals surface area contributed by atoms with Crippen molar-refractivity contribution in [2.24, 2.45) is 7.05 Å². The standard InChI is InChI=1S/C12H22N4O2S/c1-10-11(8-14-16(10)2)9-15-19(17,18)7-3-6-13-12-4-5-12/h8,12-13,15H,3-7,9H2,1-2H3. The maximum Gasteiger partial charge on any atom is 0.211 e. The summed E-state index contributed by atoms with van der Waals surface area (Å²) in [5.41, 5.74) is 1.90. The molecule has 0 aromatic carbocycles. The Morgan fingerprint density at radius 2 is 2.21 bits per heavy atom. The number of nitrogens with zero attached hydrogens (tertiary/aromatic N) is 2. The van der Waals surface area contributed by atoms with E-state index < -0.39 is 10.0 Å². The van der Waals surface area contributed by atoms with E-state index in [2.05, 4.69) is 15.1 Å². The molecule has 2 N–H and O–H groups in total. The first kappa shape index (κ1) is 14.5. The van der Waals surface area contributed by atoms with Crippen LogP contribution in [0.25, 0.3) is 0 Å². The van der Waals surface area contributed by atoms with Gasteiger partial charge in [-0.05, 0) is 32.7 Å². The van der Waals surface area contributed by atoms with Crippen molar-refractivity contribution in [1.29, 1.82) is 0 Å². The van der Waals surface area contributed by atoms with Gasteiger partial charge in [0.05, 0.1) is 11.9 Å². The molecule has 0 radical (unpaired) electrons. The predicted molar refractivity (Wildman–Crippen MR) is 74.2 cm³/mol. The third-order valence-electron chi connectivity index (χ3n) is 3.42. The SMILES string of the molecule is Cc1c(CNS(=O)(=O)CCCNC2CC2)cnn1C. The highest BCUT2D eigenvalue weighted by Gasteiger charge is 2.20. The summed E-state index contributed by atoms with van der Waals surface area (Å²) in [6, 6.07) is 0.633. The summed E-state index contributed by atoms with van der Waals surface area (Å²) in [6.07, 6.45) is 4.81. The Kier molecular flexibility index (Phi) is 4.59. The molecule has 0 atom stereocenters. The van der Waals surface area contributed by atoms with E-state index in [1.807, 2.05) is 14.0 Å². The normalized spacial score (nSPS) is 15.9. The van der Waals surface area contributed by atoms with Crippen LogP contribution in [0.3, 0.4) is 0 Å². The van der Waals surface area contributed by atoms with E-state index in [9.17, 15) is 8.42 Å². The molecule has 1 heterocycles. The van der Waals surface area contributed by atoms with Crippen LogP contribution in [0.1, 0.15) is 30.5 Å². The van der Waals surface area contributed by atoms with E-state index in [4.69, 9.17) is 0 Å². The van der Waals surface area contributed by atoms with E-state index >= 15 is 0 Å². The molecule has 2 rings (SSSR count). The summed E-state index contributed by atoms with van der Waals surface area (Å²) in [5.74, 6) is 0.173. The molecule has 1 saturated carbocycles. The quantitative estimate of drug-likeness (QED) is 0.674. The largest absolute Gasteiger partial charge is 0.314 e. The van der Waals surface area contributed by atoms with Crippen LogP contribution >= 0.6 is 0 Å². The molecule has 0 spiro atoms. The molecule has 1 fully saturated rings. The molecule has 1 aliphatic carbocycles. The number of hydrogen-bond acceptors (Lipinski definition) is 4. The smallest absolute Gasteiger partial charge is 0.211 e. The van der Waals surface area contributed by atoms with Crippen LogP contribution in [0.2, 0.25) is 0 Å². The van der Waals surface area contributed by atoms with Crippen LogP contribution in [-0.4, -0.2) is 36.5 Å². The van der Waals surface area contributed by atoms with Crippen molar-refractivity contribution in [2.75, 3.05) is 12.3 Å². The number of nitrogens with one attached hydrogen (secondary N) is 2. The third-order valence-corrected chi connectivity index (χ3v) is 4.83. The van der Waals surface area contributed by atoms with Crippen LogP contribution in [0, 0.1) is 6.92 Å². The van der Waals surface area contributed by atoms with Gasteiger partial charge in [0.15, 0.2) is 0 Å². The molecule has 0 amide bonds. The molecule has 0 unspecified atom stereocenters. The van der Waals surface area contributed by atoms with Gasteiger partial charge in [-0.1, -0.05) is 0 Å². The molecule has 0 aliphatic heterocycles. The highest BCUT2D eigenvalue weighted by atomic mass is 32.2. The van der Waals surface area contributed by atoms with Crippen LogP contribution in [0.15, 0.2) is 6.20 Å². The number of sulfonamides is 1. The fourth-order valence-electron chi connectivity index (χ4n) is 1.83. The van der Waals surface area contributed by atoms with E-state index in [0.717, 1.165) is 17.8 Å². The summed E-state index contributed by atoms with van der Waals surface area (Å²) < 4.78 is 28.0. The van der Waals surface area contributed by atoms with Crippen molar-refractivity contribution in [3.05, 3.63) is 17.5 Å². The van der Waals surface area contributed by atoms with Gasteiger partial charge in [0.2, 0.25) is 10.0 Å². The minimum atomic E-state index is -3.19. The molecule has 1 aromatic rings. The van der Waals surface area contributed by atoms with Gasteiger partial charge in [-0.15, -0.1) is 0 Å². The first-order valence-corrected chi connectivity index (χ1v) is 8.31. The molecule has 1 aromatic heterocycles. The highest BCUT2D eigenvalue weighted by molar-refractivity contribution is 7.89. The van der Waals surface area contributed by atoms with Crippen molar-refractivity contribution < 1.29 is 8.42 Å². The Balaban J connectivity index is 1.72. The van der Waals surface area contributed by atoms with Gasteiger partial charge < -0.3 is 5.32 Å². The molecule has 0 bridgehead atoms. The average Bonchev–Trinajstić information content (AvgIpc) is 3.12. The summed E-state index contributed by atoms with van der Waals surface area (Å²) in [4.78, 5) is 0. The molecular formula is C12H22N4O2S. The van der Waals surface area contributed by atoms with Crippen molar-refractivity contribution in [3.8, 4) is 0 Å². The molecular weight excluding hydrogens is 264 g/mol. The Morgan fingerprint density at radius 3 is 2.79 bits per heavy atom. The van der Waals surface area contributed by atoms with Crippen LogP contribution < -0.4 is 10.0 Å². The van der Waals surface area contributed by atoms with Crippen LogP contribution in [-0.2, 0) is 23.6 Å². The lowest BCUT2D eigenvalue weighted by molar-refractivity contribution is 0.574. The van der Waals surface area contributed by atoms with Crippen molar-refractivity contribution >= 4 is 10.0 Å². The fourth-order valence-corrected chi connectivity index (χ4v) is 2.88. The lowest BCUT2D eigenvalue weighted by Crippen LogP contribution is -2.28. The van der Waals surface area contributed by atoms with Gasteiger partial charge in [0, 0.05) is 30.9 Å². The van der Waals surface area contributed by atoms with Gasteiger partial charge in [-0.3, -0.25) is 4.68 Å². The lowest BCUT2D eigenvalue weighted by Gasteiger charge is -2.07. The average molecular weight is 286 g/mol. The van der Waals surface area contributed by atoms with Gasteiger partial charge in [-0.2, -0.15) is 5.10 Å². The molecule has 7 heteroatoms. The maximum atomic E-state index is 11.8. The number of aromatic nitrogens is 2. The number of rotatable bonds is 8. The monoisotopic (exact) mass is 286 g/mol. The molecule has 0 saturated heterocycles. The van der Waals surface area contributed by atoms with Gasteiger partial charge in [0.25, 0.3) is 0 Å². The van der Waals surface area contributed by atoms with Crippen LogP contribution in [0.4, 0.5) is 0 Å². The van der Waals surface area contributed by atoms with Crippen molar-refractivity contribution in [3.63, 3.8) is 0 Å². The molecule has 19 heavy (non-hydrogen) atoms. The number of aryl methyl sites for hydroxylation is 1. The second-order valence-electron chi connectivity index (χ2n) is 5.10. The minimum absolute atomic E-state index is 0.173. The van der Waals surface area contributed by atoms with Gasteiger partial charge >= 0.3 is 0 Å². The van der Waals surface area contributed by atoms with Gasteiger partial charge in [0.1, 0.15) is 0 Å². The maximum absolute atomic E-state index is 11.8. The van der Waals surface area contributed by atoms with E-state index in [1.54, 1.807) is 10.9 Å². The topological polar surface area (TPSA) is 76.0 Å². The minimum Gasteiger partial charge on any atom is -0.314 e. The first-order valence-electron chi connectivity index (χ1n) is 6.66. The highest BCUT2D eigenvalue weighted by Crippen LogP contribution is 2.18. The summed E-state index contributed by atoms with van der Waals surface area (Å²) in [5, 5.41) is 7.40. The first-order chi connectivity index (χ1) is 8.98. The zero-order valence-electron chi connectivity index (χ0n) is 11.5. The summed E-state index contributed by atoms with van der Waals surface area (Å²) in [7, 11) is -1.35. The van der Waals surface area contributed by atoms with Gasteiger partial charge in [-0.25, -0.2) is 13.1 Å². The Bertz CT molecular complexity index is 520. The zero-order chi connectivity index (χ0) is 13.9. The van der Waals surface area contributed by atoms with E-state index in [0.29, 0.717) is 19.0 Å². The zero-order valence-corrected chi connectivity index (χ0v) is 12.3. The predicted octanol–water partition coefficient (Wildman–Crippen LogP) is 0.290. The second kappa shape index (κ2) is 6.02. The summed E-state index contributed by atoms with van der Waals surface area (Å²) in [6.45, 7) is 3.02. The van der Waals surface area contributed by atoms with Crippen LogP contribution in [0.5, 0.6) is 0 Å². The molecule has 6 nitrogen and oxygen atoms in total. The second-order valence-corrected chi connectivity index (χ2v) is 7.03. The Labute approximate surface area is 114 Å². The van der Waals surface area contributed by atoms with E-state index in [-0.39, 0.29) is 5.75 Å².